The molecule has 0 saturated carbocycles. The largest absolute Gasteiger partial charge is 0.508 e. The van der Waals surface area contributed by atoms with Crippen LogP contribution in [0.1, 0.15) is 70.0 Å². The fourth-order valence-corrected chi connectivity index (χ4v) is 2.04. The number of benzene rings is 1. The summed E-state index contributed by atoms with van der Waals surface area (Å²) in [6, 6.07) is 3.45. The Hall–Kier alpha value is -1.51. The van der Waals surface area contributed by atoms with Gasteiger partial charge in [-0.2, -0.15) is 0 Å². The number of ether oxygens (including phenoxy) is 1. The summed E-state index contributed by atoms with van der Waals surface area (Å²) in [5.74, 6) is -0.0955. The molecule has 0 saturated heterocycles. The van der Waals surface area contributed by atoms with Crippen LogP contribution in [-0.4, -0.2) is 16.7 Å². The molecule has 0 unspecified atom stereocenters. The lowest BCUT2D eigenvalue weighted by Gasteiger charge is -2.26. The lowest BCUT2D eigenvalue weighted by molar-refractivity contribution is 0.00668. The first-order valence-electron chi connectivity index (χ1n) is 7.05. The van der Waals surface area contributed by atoms with Crippen molar-refractivity contribution < 1.29 is 14.6 Å². The van der Waals surface area contributed by atoms with Crippen molar-refractivity contribution >= 4 is 5.97 Å². The molecular weight excluding hydrogens is 252 g/mol. The SMILES string of the molecule is CCc1cc(C(=O)OC(C)(C)C)c(C(C)(C)C)cc1O. The van der Waals surface area contributed by atoms with Crippen LogP contribution in [0.5, 0.6) is 5.75 Å². The minimum Gasteiger partial charge on any atom is -0.508 e. The third-order valence-corrected chi connectivity index (χ3v) is 3.03. The first-order chi connectivity index (χ1) is 8.95. The molecule has 0 aliphatic rings. The van der Waals surface area contributed by atoms with Crippen LogP contribution in [0, 0.1) is 0 Å². The molecule has 0 atom stereocenters. The summed E-state index contributed by atoms with van der Waals surface area (Å²) in [6.45, 7) is 13.5. The molecule has 3 nitrogen and oxygen atoms in total. The lowest BCUT2D eigenvalue weighted by Crippen LogP contribution is -2.26. The van der Waals surface area contributed by atoms with Crippen LogP contribution in [0.2, 0.25) is 0 Å². The molecule has 0 radical (unpaired) electrons. The molecule has 0 bridgehead atoms. The van der Waals surface area contributed by atoms with E-state index in [1.165, 1.54) is 0 Å². The Morgan fingerprint density at radius 1 is 1.15 bits per heavy atom. The number of phenols is 1. The van der Waals surface area contributed by atoms with Crippen molar-refractivity contribution in [1.82, 2.24) is 0 Å². The van der Waals surface area contributed by atoms with Gasteiger partial charge in [0.25, 0.3) is 0 Å². The Bertz CT molecular complexity index is 502. The summed E-state index contributed by atoms with van der Waals surface area (Å²) in [5, 5.41) is 10.0. The van der Waals surface area contributed by atoms with Gasteiger partial charge in [0.15, 0.2) is 0 Å². The Kier molecular flexibility index (Phi) is 4.52. The molecule has 1 aromatic rings. The van der Waals surface area contributed by atoms with E-state index in [0.717, 1.165) is 11.1 Å². The molecule has 0 aliphatic heterocycles. The highest BCUT2D eigenvalue weighted by molar-refractivity contribution is 5.92. The number of phenolic OH excluding ortho intramolecular Hbond substituents is 1. The highest BCUT2D eigenvalue weighted by Gasteiger charge is 2.27. The molecular formula is C17H26O3. The van der Waals surface area contributed by atoms with Crippen molar-refractivity contribution in [3.05, 3.63) is 28.8 Å². The molecule has 0 fully saturated rings. The number of carbonyl (C=O) groups is 1. The van der Waals surface area contributed by atoms with Crippen LogP contribution in [0.15, 0.2) is 12.1 Å². The topological polar surface area (TPSA) is 46.5 Å². The molecule has 0 heterocycles. The standard InChI is InChI=1S/C17H26O3/c1-8-11-9-12(15(19)20-17(5,6)7)13(10-14(11)18)16(2,3)4/h9-10,18H,8H2,1-7H3. The van der Waals surface area contributed by atoms with E-state index >= 15 is 0 Å². The van der Waals surface area contributed by atoms with E-state index in [-0.39, 0.29) is 17.1 Å². The van der Waals surface area contributed by atoms with Crippen molar-refractivity contribution in [3.8, 4) is 5.75 Å². The Morgan fingerprint density at radius 3 is 2.10 bits per heavy atom. The number of hydrogen-bond acceptors (Lipinski definition) is 3. The normalized spacial score (nSPS) is 12.3. The van der Waals surface area contributed by atoms with Crippen LogP contribution in [0.25, 0.3) is 0 Å². The fourth-order valence-electron chi connectivity index (χ4n) is 2.04. The Labute approximate surface area is 122 Å². The van der Waals surface area contributed by atoms with Gasteiger partial charge in [-0.1, -0.05) is 27.7 Å². The number of aryl methyl sites for hydroxylation is 1. The number of rotatable bonds is 2. The highest BCUT2D eigenvalue weighted by Crippen LogP contribution is 2.33. The second kappa shape index (κ2) is 5.47. The molecule has 3 heteroatoms. The van der Waals surface area contributed by atoms with E-state index in [1.54, 1.807) is 12.1 Å². The zero-order valence-electron chi connectivity index (χ0n) is 13.6. The molecule has 20 heavy (non-hydrogen) atoms. The molecule has 0 amide bonds. The van der Waals surface area contributed by atoms with E-state index in [9.17, 15) is 9.90 Å². The van der Waals surface area contributed by atoms with Crippen molar-refractivity contribution in [2.24, 2.45) is 0 Å². The Balaban J connectivity index is 3.39. The maximum atomic E-state index is 12.4. The van der Waals surface area contributed by atoms with Gasteiger partial charge in [0.1, 0.15) is 11.4 Å². The van der Waals surface area contributed by atoms with Gasteiger partial charge in [0.05, 0.1) is 5.56 Å². The number of esters is 1. The van der Waals surface area contributed by atoms with Crippen LogP contribution < -0.4 is 0 Å². The third-order valence-electron chi connectivity index (χ3n) is 3.03. The van der Waals surface area contributed by atoms with Gasteiger partial charge in [-0.3, -0.25) is 0 Å². The van der Waals surface area contributed by atoms with E-state index in [0.29, 0.717) is 12.0 Å². The van der Waals surface area contributed by atoms with Crippen molar-refractivity contribution in [3.63, 3.8) is 0 Å². The summed E-state index contributed by atoms with van der Waals surface area (Å²) in [4.78, 5) is 12.4. The van der Waals surface area contributed by atoms with E-state index in [1.807, 2.05) is 48.5 Å². The summed E-state index contributed by atoms with van der Waals surface area (Å²) < 4.78 is 5.48. The van der Waals surface area contributed by atoms with Gasteiger partial charge in [-0.25, -0.2) is 4.79 Å². The second-order valence-electron chi connectivity index (χ2n) is 7.13. The molecule has 0 aliphatic carbocycles. The monoisotopic (exact) mass is 278 g/mol. The second-order valence-corrected chi connectivity index (χ2v) is 7.13. The van der Waals surface area contributed by atoms with Gasteiger partial charge in [-0.05, 0) is 55.9 Å². The van der Waals surface area contributed by atoms with Gasteiger partial charge in [0.2, 0.25) is 0 Å². The summed E-state index contributed by atoms with van der Waals surface area (Å²) >= 11 is 0. The average Bonchev–Trinajstić information content (AvgIpc) is 2.24. The van der Waals surface area contributed by atoms with E-state index in [2.05, 4.69) is 0 Å². The summed E-state index contributed by atoms with van der Waals surface area (Å²) in [6.07, 6.45) is 0.673. The average molecular weight is 278 g/mol. The maximum Gasteiger partial charge on any atom is 0.338 e. The first-order valence-corrected chi connectivity index (χ1v) is 7.05. The quantitative estimate of drug-likeness (QED) is 0.824. The predicted molar refractivity (Wildman–Crippen MR) is 81.4 cm³/mol. The predicted octanol–water partition coefficient (Wildman–Crippen LogP) is 4.21. The van der Waals surface area contributed by atoms with E-state index in [4.69, 9.17) is 4.74 Å². The number of carbonyl (C=O) groups excluding carboxylic acids is 1. The third kappa shape index (κ3) is 3.99. The van der Waals surface area contributed by atoms with Crippen molar-refractivity contribution in [1.29, 1.82) is 0 Å². The lowest BCUT2D eigenvalue weighted by atomic mass is 9.82. The van der Waals surface area contributed by atoms with Gasteiger partial charge in [0, 0.05) is 0 Å². The van der Waals surface area contributed by atoms with Crippen molar-refractivity contribution in [2.75, 3.05) is 0 Å². The van der Waals surface area contributed by atoms with Gasteiger partial charge in [-0.15, -0.1) is 0 Å². The molecule has 112 valence electrons. The van der Waals surface area contributed by atoms with Crippen LogP contribution in [0.3, 0.4) is 0 Å². The number of hydrogen-bond donors (Lipinski definition) is 1. The van der Waals surface area contributed by atoms with Crippen LogP contribution in [0.4, 0.5) is 0 Å². The minimum atomic E-state index is -0.531. The summed E-state index contributed by atoms with van der Waals surface area (Å²) in [7, 11) is 0. The van der Waals surface area contributed by atoms with Gasteiger partial charge >= 0.3 is 5.97 Å². The Morgan fingerprint density at radius 2 is 1.70 bits per heavy atom. The molecule has 1 rings (SSSR count). The fraction of sp³-hybridized carbons (Fsp3) is 0.588. The van der Waals surface area contributed by atoms with Crippen LogP contribution in [-0.2, 0) is 16.6 Å². The highest BCUT2D eigenvalue weighted by atomic mass is 16.6. The molecule has 1 aromatic carbocycles. The van der Waals surface area contributed by atoms with Crippen molar-refractivity contribution in [2.45, 2.75) is 65.9 Å². The zero-order chi connectivity index (χ0) is 15.7. The molecule has 0 spiro atoms. The first kappa shape index (κ1) is 16.5. The van der Waals surface area contributed by atoms with Crippen LogP contribution >= 0.6 is 0 Å². The maximum absolute atomic E-state index is 12.4. The molecule has 1 N–H and O–H groups in total. The van der Waals surface area contributed by atoms with E-state index < -0.39 is 5.60 Å². The minimum absolute atomic E-state index is 0.240. The zero-order valence-corrected chi connectivity index (χ0v) is 13.6. The van der Waals surface area contributed by atoms with Gasteiger partial charge < -0.3 is 9.84 Å². The smallest absolute Gasteiger partial charge is 0.338 e. The molecule has 0 aromatic heterocycles. The summed E-state index contributed by atoms with van der Waals surface area (Å²) in [5.41, 5.74) is 1.34. The number of aromatic hydroxyl groups is 1.